The Morgan fingerprint density at radius 2 is 1.94 bits per heavy atom. The second kappa shape index (κ2) is 9.91. The van der Waals surface area contributed by atoms with Gasteiger partial charge in [-0.05, 0) is 63.2 Å². The van der Waals surface area contributed by atoms with Crippen LogP contribution in [0.3, 0.4) is 0 Å². The zero-order chi connectivity index (χ0) is 24.4. The van der Waals surface area contributed by atoms with E-state index >= 15 is 0 Å². The monoisotopic (exact) mass is 476 g/mol. The highest BCUT2D eigenvalue weighted by Crippen LogP contribution is 2.28. The van der Waals surface area contributed by atoms with Gasteiger partial charge in [0.2, 0.25) is 0 Å². The van der Waals surface area contributed by atoms with Crippen molar-refractivity contribution in [2.45, 2.75) is 40.4 Å². The van der Waals surface area contributed by atoms with Crippen LogP contribution < -0.4 is 5.32 Å². The summed E-state index contributed by atoms with van der Waals surface area (Å²) in [5, 5.41) is 8.74. The molecule has 0 aliphatic carbocycles. The molecule has 8 heteroatoms. The first-order valence-electron chi connectivity index (χ1n) is 11.3. The Kier molecular flexibility index (Phi) is 6.95. The summed E-state index contributed by atoms with van der Waals surface area (Å²) in [6.45, 7) is 8.04. The fourth-order valence-corrected chi connectivity index (χ4v) is 4.25. The molecule has 0 saturated carbocycles. The molecule has 2 aromatic carbocycles. The lowest BCUT2D eigenvalue weighted by Crippen LogP contribution is -2.28. The van der Waals surface area contributed by atoms with E-state index in [0.29, 0.717) is 34.0 Å². The number of carbonyl (C=O) groups excluding carboxylic acids is 1. The van der Waals surface area contributed by atoms with E-state index < -0.39 is 0 Å². The van der Waals surface area contributed by atoms with Gasteiger partial charge in [-0.15, -0.1) is 0 Å². The molecule has 4 aromatic rings. The number of amides is 1. The van der Waals surface area contributed by atoms with Gasteiger partial charge in [0, 0.05) is 53.9 Å². The van der Waals surface area contributed by atoms with Crippen molar-refractivity contribution in [3.8, 4) is 11.4 Å². The van der Waals surface area contributed by atoms with Gasteiger partial charge in [-0.2, -0.15) is 5.10 Å². The van der Waals surface area contributed by atoms with Crippen LogP contribution in [0.15, 0.2) is 42.6 Å². The molecule has 0 atom stereocenters. The number of hydrogen-bond donors (Lipinski definition) is 1. The van der Waals surface area contributed by atoms with Crippen LogP contribution in [0.2, 0.25) is 5.02 Å². The lowest BCUT2D eigenvalue weighted by molar-refractivity contribution is 0.0781. The topological polar surface area (TPSA) is 75.9 Å². The number of aromatic nitrogens is 4. The highest BCUT2D eigenvalue weighted by atomic mass is 35.5. The average molecular weight is 477 g/mol. The third-order valence-electron chi connectivity index (χ3n) is 6.04. The van der Waals surface area contributed by atoms with Gasteiger partial charge in [-0.1, -0.05) is 23.7 Å². The van der Waals surface area contributed by atoms with Crippen LogP contribution in [0.4, 0.5) is 0 Å². The second-order valence-corrected chi connectivity index (χ2v) is 8.91. The van der Waals surface area contributed by atoms with E-state index in [-0.39, 0.29) is 5.91 Å². The Morgan fingerprint density at radius 3 is 2.65 bits per heavy atom. The second-order valence-electron chi connectivity index (χ2n) is 8.47. The smallest absolute Gasteiger partial charge is 0.273 e. The number of benzene rings is 2. The fraction of sp³-hybridized carbons (Fsp3) is 0.308. The highest BCUT2D eigenvalue weighted by molar-refractivity contribution is 6.31. The molecule has 0 fully saturated rings. The molecule has 0 aliphatic heterocycles. The molecular weight excluding hydrogens is 448 g/mol. The van der Waals surface area contributed by atoms with Crippen molar-refractivity contribution in [3.05, 3.63) is 75.7 Å². The van der Waals surface area contributed by atoms with Gasteiger partial charge in [0.25, 0.3) is 5.91 Å². The van der Waals surface area contributed by atoms with Gasteiger partial charge >= 0.3 is 0 Å². The van der Waals surface area contributed by atoms with Gasteiger partial charge in [-0.25, -0.2) is 9.97 Å². The molecule has 0 saturated heterocycles. The van der Waals surface area contributed by atoms with Crippen LogP contribution in [0.1, 0.15) is 39.8 Å². The number of halogens is 1. The minimum Gasteiger partial charge on any atom is -0.336 e. The van der Waals surface area contributed by atoms with Crippen molar-refractivity contribution in [2.24, 2.45) is 0 Å². The van der Waals surface area contributed by atoms with Crippen molar-refractivity contribution >= 4 is 28.4 Å². The number of carbonyl (C=O) groups is 1. The number of rotatable bonds is 7. The summed E-state index contributed by atoms with van der Waals surface area (Å²) in [4.78, 5) is 24.9. The zero-order valence-electron chi connectivity index (χ0n) is 20.2. The summed E-state index contributed by atoms with van der Waals surface area (Å²) < 4.78 is 1.92. The van der Waals surface area contributed by atoms with Crippen LogP contribution in [-0.2, 0) is 19.6 Å². The number of fused-ring (bicyclic) bond motifs is 1. The van der Waals surface area contributed by atoms with E-state index in [0.717, 1.165) is 41.0 Å². The van der Waals surface area contributed by atoms with Gasteiger partial charge in [0.15, 0.2) is 5.82 Å². The summed E-state index contributed by atoms with van der Waals surface area (Å²) in [6.07, 6.45) is 1.82. The quantitative estimate of drug-likeness (QED) is 0.415. The molecule has 0 aliphatic rings. The van der Waals surface area contributed by atoms with E-state index in [4.69, 9.17) is 21.6 Å². The summed E-state index contributed by atoms with van der Waals surface area (Å²) in [7, 11) is 3.69. The molecule has 0 spiro atoms. The minimum atomic E-state index is -0.191. The summed E-state index contributed by atoms with van der Waals surface area (Å²) in [5.74, 6) is 0.334. The fourth-order valence-electron chi connectivity index (χ4n) is 4.08. The number of nitrogens with zero attached hydrogens (tertiary/aromatic N) is 5. The number of aryl methyl sites for hydroxylation is 2. The first-order chi connectivity index (χ1) is 16.3. The predicted octanol–water partition coefficient (Wildman–Crippen LogP) is 4.78. The summed E-state index contributed by atoms with van der Waals surface area (Å²) in [6, 6.07) is 11.6. The third-order valence-corrected chi connectivity index (χ3v) is 6.28. The Morgan fingerprint density at radius 1 is 1.15 bits per heavy atom. The van der Waals surface area contributed by atoms with Crippen LogP contribution in [0.5, 0.6) is 0 Å². The Labute approximate surface area is 204 Å². The molecule has 7 nitrogen and oxygen atoms in total. The lowest BCUT2D eigenvalue weighted by Gasteiger charge is -2.18. The lowest BCUT2D eigenvalue weighted by atomic mass is 10.0. The third kappa shape index (κ3) is 4.67. The summed E-state index contributed by atoms with van der Waals surface area (Å²) >= 11 is 6.28. The largest absolute Gasteiger partial charge is 0.336 e. The first-order valence-corrected chi connectivity index (χ1v) is 11.7. The molecular formula is C26H29ClN6O. The zero-order valence-corrected chi connectivity index (χ0v) is 20.9. The van der Waals surface area contributed by atoms with E-state index in [1.165, 1.54) is 0 Å². The SMILES string of the molecule is CCn1ncc(CN(C)C(=O)c2nc(-c3cc(CNC)ccc3C)nc3ccc(Cl)cc23)c1C. The predicted molar refractivity (Wildman–Crippen MR) is 136 cm³/mol. The molecule has 1 amide bonds. The summed E-state index contributed by atoms with van der Waals surface area (Å²) in [5.41, 5.74) is 6.14. The normalized spacial score (nSPS) is 11.2. The molecule has 1 N–H and O–H groups in total. The molecule has 176 valence electrons. The van der Waals surface area contributed by atoms with Crippen molar-refractivity contribution in [2.75, 3.05) is 14.1 Å². The maximum atomic E-state index is 13.7. The maximum absolute atomic E-state index is 13.7. The molecule has 4 rings (SSSR count). The van der Waals surface area contributed by atoms with Crippen LogP contribution >= 0.6 is 11.6 Å². The van der Waals surface area contributed by atoms with E-state index in [9.17, 15) is 4.79 Å². The minimum absolute atomic E-state index is 0.191. The average Bonchev–Trinajstić information content (AvgIpc) is 3.18. The van der Waals surface area contributed by atoms with E-state index in [1.807, 2.05) is 44.8 Å². The van der Waals surface area contributed by atoms with E-state index in [2.05, 4.69) is 28.6 Å². The van der Waals surface area contributed by atoms with Crippen LogP contribution in [0, 0.1) is 13.8 Å². The van der Waals surface area contributed by atoms with Crippen molar-refractivity contribution in [1.29, 1.82) is 0 Å². The maximum Gasteiger partial charge on any atom is 0.273 e. The standard InChI is InChI=1S/C26H29ClN6O/c1-6-33-17(3)19(14-29-33)15-32(5)26(34)24-22-12-20(27)9-10-23(22)30-25(31-24)21-11-18(13-28-4)8-7-16(21)2/h7-12,14,28H,6,13,15H2,1-5H3. The Balaban J connectivity index is 1.79. The van der Waals surface area contributed by atoms with Crippen molar-refractivity contribution < 1.29 is 4.79 Å². The Bertz CT molecular complexity index is 1360. The molecule has 2 heterocycles. The van der Waals surface area contributed by atoms with Gasteiger partial charge < -0.3 is 10.2 Å². The van der Waals surface area contributed by atoms with Crippen LogP contribution in [-0.4, -0.2) is 44.7 Å². The molecule has 0 radical (unpaired) electrons. The Hall–Kier alpha value is -3.29. The number of nitrogens with one attached hydrogen (secondary N) is 1. The van der Waals surface area contributed by atoms with Gasteiger partial charge in [-0.3, -0.25) is 9.48 Å². The first kappa shape index (κ1) is 23.9. The van der Waals surface area contributed by atoms with Gasteiger partial charge in [0.1, 0.15) is 5.69 Å². The molecule has 0 bridgehead atoms. The molecule has 0 unspecified atom stereocenters. The van der Waals surface area contributed by atoms with Crippen LogP contribution in [0.25, 0.3) is 22.3 Å². The number of hydrogen-bond acceptors (Lipinski definition) is 5. The highest BCUT2D eigenvalue weighted by Gasteiger charge is 2.21. The van der Waals surface area contributed by atoms with Crippen molar-refractivity contribution in [1.82, 2.24) is 30.0 Å². The van der Waals surface area contributed by atoms with E-state index in [1.54, 1.807) is 24.1 Å². The van der Waals surface area contributed by atoms with Gasteiger partial charge in [0.05, 0.1) is 11.7 Å². The van der Waals surface area contributed by atoms with Crippen molar-refractivity contribution in [3.63, 3.8) is 0 Å². The molecule has 34 heavy (non-hydrogen) atoms. The molecule has 2 aromatic heterocycles.